The van der Waals surface area contributed by atoms with Crippen LogP contribution in [-0.2, 0) is 4.79 Å². The van der Waals surface area contributed by atoms with Gasteiger partial charge in [-0.05, 0) is 18.2 Å². The van der Waals surface area contributed by atoms with Crippen LogP contribution in [0.25, 0.3) is 16.6 Å². The molecule has 23 heavy (non-hydrogen) atoms. The predicted octanol–water partition coefficient (Wildman–Crippen LogP) is 2.50. The number of aromatic nitrogens is 3. The van der Waals surface area contributed by atoms with E-state index in [0.29, 0.717) is 5.39 Å². The zero-order valence-electron chi connectivity index (χ0n) is 11.8. The summed E-state index contributed by atoms with van der Waals surface area (Å²) in [5, 5.41) is 0.466. The Morgan fingerprint density at radius 2 is 2.09 bits per heavy atom. The van der Waals surface area contributed by atoms with Crippen LogP contribution in [0.3, 0.4) is 0 Å². The number of ether oxygens (including phenoxy) is 1. The monoisotopic (exact) mass is 333 g/mol. The number of hydrogen-bond acceptors (Lipinski definition) is 5. The lowest BCUT2D eigenvalue weighted by Crippen LogP contribution is -2.21. The lowest BCUT2D eigenvalue weighted by Gasteiger charge is -2.12. The van der Waals surface area contributed by atoms with Crippen LogP contribution in [0.2, 0.25) is 5.15 Å². The topological polar surface area (TPSA) is 74.1 Å². The quantitative estimate of drug-likeness (QED) is 0.409. The average molecular weight is 334 g/mol. The van der Waals surface area contributed by atoms with Gasteiger partial charge in [-0.2, -0.15) is 0 Å². The van der Waals surface area contributed by atoms with Gasteiger partial charge in [-0.25, -0.2) is 14.4 Å². The van der Waals surface area contributed by atoms with E-state index >= 15 is 0 Å². The van der Waals surface area contributed by atoms with Crippen molar-refractivity contribution in [3.05, 3.63) is 58.1 Å². The van der Waals surface area contributed by atoms with Crippen molar-refractivity contribution >= 4 is 28.5 Å². The summed E-state index contributed by atoms with van der Waals surface area (Å²) < 4.78 is 20.2. The number of carbonyl (C=O) groups is 1. The van der Waals surface area contributed by atoms with Gasteiger partial charge in [0, 0.05) is 18.5 Å². The fraction of sp³-hybridized carbons (Fsp3) is 0.0667. The molecule has 0 spiro atoms. The minimum Gasteiger partial charge on any atom is -0.424 e. The molecule has 0 amide bonds. The number of hydrogen-bond donors (Lipinski definition) is 0. The summed E-state index contributed by atoms with van der Waals surface area (Å²) in [5.74, 6) is -1.42. The number of nitrogens with zero attached hydrogens (tertiary/aromatic N) is 3. The Bertz CT molecular complexity index is 987. The zero-order chi connectivity index (χ0) is 16.6. The van der Waals surface area contributed by atoms with E-state index in [1.165, 1.54) is 31.3 Å². The third-order valence-electron chi connectivity index (χ3n) is 3.09. The molecule has 0 saturated carbocycles. The van der Waals surface area contributed by atoms with Crippen molar-refractivity contribution < 1.29 is 13.9 Å². The molecule has 0 aliphatic carbocycles. The molecule has 1 aromatic carbocycles. The van der Waals surface area contributed by atoms with Crippen LogP contribution in [-0.4, -0.2) is 20.5 Å². The van der Waals surface area contributed by atoms with Crippen molar-refractivity contribution in [1.29, 1.82) is 0 Å². The van der Waals surface area contributed by atoms with Crippen LogP contribution in [0.5, 0.6) is 5.75 Å². The third kappa shape index (κ3) is 2.66. The van der Waals surface area contributed by atoms with Crippen LogP contribution in [0.1, 0.15) is 6.92 Å². The number of halogens is 2. The van der Waals surface area contributed by atoms with Gasteiger partial charge in [0.05, 0.1) is 0 Å². The molecule has 0 unspecified atom stereocenters. The predicted molar refractivity (Wildman–Crippen MR) is 81.4 cm³/mol. The molecule has 0 aliphatic heterocycles. The SMILES string of the molecule is CC(=O)Oc1cccc(F)c1-n1ccc2c(Cl)ncnc2c1=O. The summed E-state index contributed by atoms with van der Waals surface area (Å²) in [5.41, 5.74) is -0.751. The van der Waals surface area contributed by atoms with Crippen molar-refractivity contribution in [2.45, 2.75) is 6.92 Å². The smallest absolute Gasteiger partial charge is 0.308 e. The first kappa shape index (κ1) is 15.1. The van der Waals surface area contributed by atoms with Crippen LogP contribution < -0.4 is 10.3 Å². The molecule has 0 fully saturated rings. The van der Waals surface area contributed by atoms with E-state index in [1.54, 1.807) is 0 Å². The Morgan fingerprint density at radius 3 is 2.83 bits per heavy atom. The van der Waals surface area contributed by atoms with Gasteiger partial charge in [0.15, 0.2) is 11.6 Å². The van der Waals surface area contributed by atoms with E-state index in [-0.39, 0.29) is 22.1 Å². The molecule has 0 atom stereocenters. The molecule has 0 aliphatic rings. The molecule has 6 nitrogen and oxygen atoms in total. The summed E-state index contributed by atoms with van der Waals surface area (Å²) in [6, 6.07) is 5.42. The number of rotatable bonds is 2. The fourth-order valence-electron chi connectivity index (χ4n) is 2.17. The maximum absolute atomic E-state index is 14.2. The molecule has 0 saturated heterocycles. The average Bonchev–Trinajstić information content (AvgIpc) is 2.49. The van der Waals surface area contributed by atoms with Gasteiger partial charge in [0.1, 0.15) is 22.7 Å². The van der Waals surface area contributed by atoms with Gasteiger partial charge in [-0.1, -0.05) is 17.7 Å². The maximum atomic E-state index is 14.2. The Hall–Kier alpha value is -2.80. The summed E-state index contributed by atoms with van der Waals surface area (Å²) in [6.07, 6.45) is 2.47. The summed E-state index contributed by atoms with van der Waals surface area (Å²) in [6.45, 7) is 1.19. The van der Waals surface area contributed by atoms with Crippen LogP contribution in [0, 0.1) is 5.82 Å². The van der Waals surface area contributed by atoms with Crippen molar-refractivity contribution in [2.24, 2.45) is 0 Å². The number of para-hydroxylation sites is 1. The first-order valence-corrected chi connectivity index (χ1v) is 6.86. The van der Waals surface area contributed by atoms with E-state index in [1.807, 2.05) is 0 Å². The van der Waals surface area contributed by atoms with Crippen molar-refractivity contribution in [2.75, 3.05) is 0 Å². The van der Waals surface area contributed by atoms with E-state index < -0.39 is 17.3 Å². The molecule has 0 bridgehead atoms. The number of benzene rings is 1. The van der Waals surface area contributed by atoms with Crippen molar-refractivity contribution in [1.82, 2.24) is 14.5 Å². The second-order valence-corrected chi connectivity index (χ2v) is 4.96. The molecular formula is C15H9ClFN3O3. The minimum absolute atomic E-state index is 0.0320. The molecule has 116 valence electrons. The molecule has 3 rings (SSSR count). The maximum Gasteiger partial charge on any atom is 0.308 e. The lowest BCUT2D eigenvalue weighted by atomic mass is 10.2. The molecule has 0 N–H and O–H groups in total. The van der Waals surface area contributed by atoms with Crippen LogP contribution >= 0.6 is 11.6 Å². The summed E-state index contributed by atoms with van der Waals surface area (Å²) in [4.78, 5) is 31.4. The normalized spacial score (nSPS) is 10.7. The number of esters is 1. The molecular weight excluding hydrogens is 325 g/mol. The highest BCUT2D eigenvalue weighted by atomic mass is 35.5. The second-order valence-electron chi connectivity index (χ2n) is 4.60. The molecule has 8 heteroatoms. The van der Waals surface area contributed by atoms with E-state index in [9.17, 15) is 14.0 Å². The van der Waals surface area contributed by atoms with E-state index in [0.717, 1.165) is 17.0 Å². The van der Waals surface area contributed by atoms with Gasteiger partial charge >= 0.3 is 5.97 Å². The lowest BCUT2D eigenvalue weighted by molar-refractivity contribution is -0.131. The number of carbonyl (C=O) groups excluding carboxylic acids is 1. The van der Waals surface area contributed by atoms with E-state index in [2.05, 4.69) is 9.97 Å². The molecule has 2 aromatic heterocycles. The summed E-state index contributed by atoms with van der Waals surface area (Å²) >= 11 is 5.92. The van der Waals surface area contributed by atoms with Crippen molar-refractivity contribution in [3.63, 3.8) is 0 Å². The largest absolute Gasteiger partial charge is 0.424 e. The molecule has 2 heterocycles. The molecule has 3 aromatic rings. The number of pyridine rings is 1. The van der Waals surface area contributed by atoms with Crippen LogP contribution in [0.4, 0.5) is 4.39 Å². The second kappa shape index (κ2) is 5.77. The minimum atomic E-state index is -0.717. The van der Waals surface area contributed by atoms with Gasteiger partial charge in [0.2, 0.25) is 0 Å². The van der Waals surface area contributed by atoms with Gasteiger partial charge in [-0.3, -0.25) is 14.2 Å². The standard InChI is InChI=1S/C15H9ClFN3O3/c1-8(21)23-11-4-2-3-10(17)13(11)20-6-5-9-12(15(20)22)18-7-19-14(9)16/h2-7H,1H3. The Labute approximate surface area is 134 Å². The Balaban J connectivity index is 2.32. The zero-order valence-corrected chi connectivity index (χ0v) is 12.5. The van der Waals surface area contributed by atoms with Gasteiger partial charge in [0.25, 0.3) is 5.56 Å². The highest BCUT2D eigenvalue weighted by Crippen LogP contribution is 2.26. The van der Waals surface area contributed by atoms with E-state index in [4.69, 9.17) is 16.3 Å². The van der Waals surface area contributed by atoms with Crippen LogP contribution in [0.15, 0.2) is 41.6 Å². The van der Waals surface area contributed by atoms with Gasteiger partial charge in [-0.15, -0.1) is 0 Å². The van der Waals surface area contributed by atoms with Crippen molar-refractivity contribution in [3.8, 4) is 11.4 Å². The van der Waals surface area contributed by atoms with Gasteiger partial charge < -0.3 is 4.74 Å². The number of fused-ring (bicyclic) bond motifs is 1. The highest BCUT2D eigenvalue weighted by Gasteiger charge is 2.17. The third-order valence-corrected chi connectivity index (χ3v) is 3.39. The highest BCUT2D eigenvalue weighted by molar-refractivity contribution is 6.33. The Morgan fingerprint density at radius 1 is 1.30 bits per heavy atom. The first-order chi connectivity index (χ1) is 11.0. The first-order valence-electron chi connectivity index (χ1n) is 6.48. The fourth-order valence-corrected chi connectivity index (χ4v) is 2.36. The molecule has 0 radical (unpaired) electrons. The summed E-state index contributed by atoms with van der Waals surface area (Å²) in [7, 11) is 0. The Kier molecular flexibility index (Phi) is 3.79.